The fourth-order valence-corrected chi connectivity index (χ4v) is 3.28. The van der Waals surface area contributed by atoms with Crippen molar-refractivity contribution in [2.24, 2.45) is 5.73 Å². The van der Waals surface area contributed by atoms with Crippen molar-refractivity contribution in [3.8, 4) is 0 Å². The van der Waals surface area contributed by atoms with E-state index in [1.165, 1.54) is 0 Å². The van der Waals surface area contributed by atoms with Gasteiger partial charge in [-0.1, -0.05) is 18.9 Å². The monoisotopic (exact) mass is 262 g/mol. The Balaban J connectivity index is 4.36. The van der Waals surface area contributed by atoms with Crippen molar-refractivity contribution in [1.29, 1.82) is 0 Å². The maximum Gasteiger partial charge on any atom is 0.155 e. The summed E-state index contributed by atoms with van der Waals surface area (Å²) in [5.41, 5.74) is 7.62. The van der Waals surface area contributed by atoms with Gasteiger partial charge in [-0.05, 0) is 26.7 Å². The zero-order valence-corrected chi connectivity index (χ0v) is 12.2. The maximum atomic E-state index is 11.9. The predicted octanol–water partition coefficient (Wildman–Crippen LogP) is 1.43. The highest BCUT2D eigenvalue weighted by Crippen LogP contribution is 2.07. The fourth-order valence-electron chi connectivity index (χ4n) is 1.60. The van der Waals surface area contributed by atoms with E-state index in [1.807, 2.05) is 13.8 Å². The maximum absolute atomic E-state index is 11.9. The van der Waals surface area contributed by atoms with Gasteiger partial charge >= 0.3 is 0 Å². The molecule has 102 valence electrons. The lowest BCUT2D eigenvalue weighted by Crippen LogP contribution is -2.26. The van der Waals surface area contributed by atoms with Gasteiger partial charge in [-0.3, -0.25) is 0 Å². The second-order valence-corrected chi connectivity index (χ2v) is 6.84. The normalized spacial score (nSPS) is 13.2. The van der Waals surface area contributed by atoms with E-state index in [1.54, 1.807) is 7.05 Å². The summed E-state index contributed by atoms with van der Waals surface area (Å²) in [6.45, 7) is 5.87. The topological polar surface area (TPSA) is 72.2 Å². The second kappa shape index (κ2) is 7.71. The Bertz CT molecular complexity index is 344. The van der Waals surface area contributed by atoms with Gasteiger partial charge in [0.05, 0.1) is 11.5 Å². The molecule has 0 aliphatic heterocycles. The molecule has 0 aliphatic carbocycles. The van der Waals surface area contributed by atoms with Crippen LogP contribution in [-0.4, -0.2) is 33.0 Å². The molecule has 5 heteroatoms. The van der Waals surface area contributed by atoms with E-state index in [9.17, 15) is 8.42 Å². The van der Waals surface area contributed by atoms with Crippen LogP contribution < -0.4 is 11.1 Å². The summed E-state index contributed by atoms with van der Waals surface area (Å²) in [5, 5.41) is 2.94. The molecule has 3 N–H and O–H groups in total. The molecule has 0 aromatic heterocycles. The van der Waals surface area contributed by atoms with Crippen LogP contribution in [-0.2, 0) is 9.84 Å². The van der Waals surface area contributed by atoms with Crippen molar-refractivity contribution in [3.63, 3.8) is 0 Å². The van der Waals surface area contributed by atoms with Crippen LogP contribution in [0.2, 0.25) is 0 Å². The van der Waals surface area contributed by atoms with E-state index >= 15 is 0 Å². The van der Waals surface area contributed by atoms with E-state index < -0.39 is 9.84 Å². The first-order chi connectivity index (χ1) is 7.82. The molecular formula is C12H26N2O2S. The van der Waals surface area contributed by atoms with E-state index in [-0.39, 0.29) is 17.5 Å². The molecule has 4 nitrogen and oxygen atoms in total. The first kappa shape index (κ1) is 16.4. The first-order valence-electron chi connectivity index (χ1n) is 6.12. The van der Waals surface area contributed by atoms with Gasteiger partial charge in [-0.25, -0.2) is 8.42 Å². The summed E-state index contributed by atoms with van der Waals surface area (Å²) in [6.07, 6.45) is 2.43. The van der Waals surface area contributed by atoms with Crippen molar-refractivity contribution in [2.45, 2.75) is 46.1 Å². The minimum atomic E-state index is -3.05. The van der Waals surface area contributed by atoms with Gasteiger partial charge < -0.3 is 11.1 Å². The molecule has 0 fully saturated rings. The summed E-state index contributed by atoms with van der Waals surface area (Å²) in [6, 6.07) is -0.000450. The van der Waals surface area contributed by atoms with E-state index in [0.717, 1.165) is 24.1 Å². The first-order valence-corrected chi connectivity index (χ1v) is 7.94. The highest BCUT2D eigenvalue weighted by Gasteiger charge is 2.15. The number of rotatable bonds is 8. The minimum Gasteiger partial charge on any atom is -0.391 e. The SMILES string of the molecule is CCC[C@H](N)CCS(=O)(=O)CC(NC)=C(C)C. The average molecular weight is 262 g/mol. The standard InChI is InChI=1S/C12H26N2O2S/c1-5-6-11(13)7-8-17(15,16)9-12(14-4)10(2)3/h11,14H,5-9,13H2,1-4H3/t11-/m0/s1. The number of nitrogens with one attached hydrogen (secondary N) is 1. The quantitative estimate of drug-likeness (QED) is 0.694. The van der Waals surface area contributed by atoms with Gasteiger partial charge in [0.25, 0.3) is 0 Å². The zero-order valence-electron chi connectivity index (χ0n) is 11.4. The van der Waals surface area contributed by atoms with E-state index in [4.69, 9.17) is 5.73 Å². The highest BCUT2D eigenvalue weighted by atomic mass is 32.2. The Morgan fingerprint density at radius 1 is 1.29 bits per heavy atom. The lowest BCUT2D eigenvalue weighted by Gasteiger charge is -2.13. The largest absolute Gasteiger partial charge is 0.391 e. The lowest BCUT2D eigenvalue weighted by atomic mass is 10.1. The molecule has 0 bridgehead atoms. The molecule has 0 unspecified atom stereocenters. The molecule has 1 atom stereocenters. The summed E-state index contributed by atoms with van der Waals surface area (Å²) in [4.78, 5) is 0. The highest BCUT2D eigenvalue weighted by molar-refractivity contribution is 7.91. The van der Waals surface area contributed by atoms with Gasteiger partial charge in [-0.15, -0.1) is 0 Å². The van der Waals surface area contributed by atoms with Gasteiger partial charge in [0.15, 0.2) is 9.84 Å². The minimum absolute atomic E-state index is 0.000450. The Kier molecular flexibility index (Phi) is 7.46. The van der Waals surface area contributed by atoms with Crippen LogP contribution in [0.4, 0.5) is 0 Å². The van der Waals surface area contributed by atoms with Crippen LogP contribution in [0.25, 0.3) is 0 Å². The molecule has 0 amide bonds. The third-order valence-corrected chi connectivity index (χ3v) is 4.31. The molecule has 0 rings (SSSR count). The van der Waals surface area contributed by atoms with Crippen LogP contribution in [0.15, 0.2) is 11.3 Å². The summed E-state index contributed by atoms with van der Waals surface area (Å²) < 4.78 is 23.8. The molecule has 0 aliphatic rings. The Hall–Kier alpha value is -0.550. The molecule has 17 heavy (non-hydrogen) atoms. The number of nitrogens with two attached hydrogens (primary N) is 1. The van der Waals surface area contributed by atoms with Gasteiger partial charge in [0.2, 0.25) is 0 Å². The van der Waals surface area contributed by atoms with E-state index in [2.05, 4.69) is 12.2 Å². The summed E-state index contributed by atoms with van der Waals surface area (Å²) in [7, 11) is -1.30. The van der Waals surface area contributed by atoms with E-state index in [0.29, 0.717) is 6.42 Å². The van der Waals surface area contributed by atoms with Crippen molar-refractivity contribution in [2.75, 3.05) is 18.6 Å². The van der Waals surface area contributed by atoms with Crippen LogP contribution >= 0.6 is 0 Å². The van der Waals surface area contributed by atoms with Crippen molar-refractivity contribution < 1.29 is 8.42 Å². The Morgan fingerprint density at radius 2 is 1.88 bits per heavy atom. The predicted molar refractivity (Wildman–Crippen MR) is 73.6 cm³/mol. The van der Waals surface area contributed by atoms with Crippen molar-refractivity contribution in [1.82, 2.24) is 5.32 Å². The van der Waals surface area contributed by atoms with Crippen LogP contribution in [0.1, 0.15) is 40.0 Å². The van der Waals surface area contributed by atoms with Crippen molar-refractivity contribution >= 4 is 9.84 Å². The van der Waals surface area contributed by atoms with Gasteiger partial charge in [0, 0.05) is 18.8 Å². The number of sulfone groups is 1. The summed E-state index contributed by atoms with van der Waals surface area (Å²) in [5.74, 6) is 0.261. The molecule has 0 radical (unpaired) electrons. The van der Waals surface area contributed by atoms with Gasteiger partial charge in [0.1, 0.15) is 0 Å². The summed E-state index contributed by atoms with van der Waals surface area (Å²) >= 11 is 0. The lowest BCUT2D eigenvalue weighted by molar-refractivity contribution is 0.563. The van der Waals surface area contributed by atoms with Gasteiger partial charge in [-0.2, -0.15) is 0 Å². The molecule has 0 saturated heterocycles. The number of hydrogen-bond acceptors (Lipinski definition) is 4. The second-order valence-electron chi connectivity index (χ2n) is 4.66. The fraction of sp³-hybridized carbons (Fsp3) is 0.833. The molecule has 0 saturated carbocycles. The van der Waals surface area contributed by atoms with Crippen LogP contribution in [0.3, 0.4) is 0 Å². The molecule has 0 aromatic rings. The Morgan fingerprint density at radius 3 is 2.29 bits per heavy atom. The molecule has 0 heterocycles. The number of hydrogen-bond donors (Lipinski definition) is 2. The third-order valence-electron chi connectivity index (χ3n) is 2.73. The van der Waals surface area contributed by atoms with Crippen molar-refractivity contribution in [3.05, 3.63) is 11.3 Å². The zero-order chi connectivity index (χ0) is 13.5. The van der Waals surface area contributed by atoms with Crippen LogP contribution in [0, 0.1) is 0 Å². The molecular weight excluding hydrogens is 236 g/mol. The number of allylic oxidation sites excluding steroid dienone is 1. The Labute approximate surface area is 106 Å². The average Bonchev–Trinajstić information content (AvgIpc) is 2.23. The third kappa shape index (κ3) is 7.39. The smallest absolute Gasteiger partial charge is 0.155 e. The van der Waals surface area contributed by atoms with Crippen LogP contribution in [0.5, 0.6) is 0 Å². The molecule has 0 spiro atoms. The molecule has 0 aromatic carbocycles.